The monoisotopic (exact) mass is 302 g/mol. The summed E-state index contributed by atoms with van der Waals surface area (Å²) in [5, 5.41) is 2.79. The average molecular weight is 303 g/mol. The largest absolute Gasteiger partial charge is 0.497 e. The normalized spacial score (nSPS) is 12.8. The minimum absolute atomic E-state index is 0. The first kappa shape index (κ1) is 18.5. The van der Waals surface area contributed by atoms with Crippen molar-refractivity contribution in [3.8, 4) is 11.5 Å². The zero-order chi connectivity index (χ0) is 14.3. The summed E-state index contributed by atoms with van der Waals surface area (Å²) in [4.78, 5) is 11.8. The van der Waals surface area contributed by atoms with Gasteiger partial charge in [0.25, 0.3) is 5.91 Å². The second-order valence-electron chi connectivity index (χ2n) is 4.49. The molecule has 2 unspecified atom stereocenters. The molecule has 1 rings (SSSR count). The van der Waals surface area contributed by atoms with E-state index in [-0.39, 0.29) is 24.4 Å². The highest BCUT2D eigenvalue weighted by Crippen LogP contribution is 2.18. The number of amides is 1. The zero-order valence-electron chi connectivity index (χ0n) is 12.1. The molecule has 114 valence electrons. The van der Waals surface area contributed by atoms with Crippen molar-refractivity contribution in [1.29, 1.82) is 0 Å². The number of ether oxygens (including phenoxy) is 2. The lowest BCUT2D eigenvalue weighted by Gasteiger charge is -2.15. The molecule has 0 saturated carbocycles. The molecule has 0 aliphatic carbocycles. The van der Waals surface area contributed by atoms with Crippen LogP contribution in [0.15, 0.2) is 24.3 Å². The van der Waals surface area contributed by atoms with Crippen LogP contribution in [0.2, 0.25) is 0 Å². The van der Waals surface area contributed by atoms with Gasteiger partial charge in [0.1, 0.15) is 11.5 Å². The summed E-state index contributed by atoms with van der Waals surface area (Å²) < 4.78 is 10.6. The lowest BCUT2D eigenvalue weighted by Crippen LogP contribution is -2.38. The van der Waals surface area contributed by atoms with Crippen molar-refractivity contribution >= 4 is 18.3 Å². The van der Waals surface area contributed by atoms with Gasteiger partial charge >= 0.3 is 0 Å². The molecule has 3 N–H and O–H groups in total. The summed E-state index contributed by atoms with van der Waals surface area (Å²) >= 11 is 0. The molecule has 20 heavy (non-hydrogen) atoms. The van der Waals surface area contributed by atoms with Crippen molar-refractivity contribution in [2.24, 2.45) is 5.73 Å². The molecule has 6 heteroatoms. The number of hydrogen-bond donors (Lipinski definition) is 2. The predicted octanol–water partition coefficient (Wildman–Crippen LogP) is 1.74. The van der Waals surface area contributed by atoms with Crippen LogP contribution in [0.25, 0.3) is 0 Å². The molecule has 0 heterocycles. The van der Waals surface area contributed by atoms with E-state index >= 15 is 0 Å². The van der Waals surface area contributed by atoms with Gasteiger partial charge in [-0.3, -0.25) is 4.79 Å². The van der Waals surface area contributed by atoms with E-state index in [4.69, 9.17) is 15.2 Å². The maximum atomic E-state index is 11.8. The molecule has 1 amide bonds. The van der Waals surface area contributed by atoms with Crippen LogP contribution in [0, 0.1) is 0 Å². The van der Waals surface area contributed by atoms with Crippen LogP contribution in [0.4, 0.5) is 0 Å². The molecule has 0 spiro atoms. The fourth-order valence-electron chi connectivity index (χ4n) is 1.48. The van der Waals surface area contributed by atoms with Gasteiger partial charge < -0.3 is 20.5 Å². The van der Waals surface area contributed by atoms with Crippen LogP contribution in [0.5, 0.6) is 11.5 Å². The van der Waals surface area contributed by atoms with Crippen molar-refractivity contribution in [3.63, 3.8) is 0 Å². The molecular weight excluding hydrogens is 280 g/mol. The Morgan fingerprint density at radius 1 is 1.25 bits per heavy atom. The summed E-state index contributed by atoms with van der Waals surface area (Å²) in [7, 11) is 1.60. The van der Waals surface area contributed by atoms with E-state index in [1.807, 2.05) is 6.92 Å². The maximum absolute atomic E-state index is 11.8. The average Bonchev–Trinajstić information content (AvgIpc) is 2.39. The van der Waals surface area contributed by atoms with Gasteiger partial charge in [-0.15, -0.1) is 12.4 Å². The van der Waals surface area contributed by atoms with Crippen LogP contribution in [-0.4, -0.2) is 31.7 Å². The van der Waals surface area contributed by atoms with Crippen LogP contribution >= 0.6 is 12.4 Å². The van der Waals surface area contributed by atoms with Gasteiger partial charge in [0.15, 0.2) is 6.10 Å². The molecule has 0 saturated heterocycles. The summed E-state index contributed by atoms with van der Waals surface area (Å²) in [6, 6.07) is 7.19. The Morgan fingerprint density at radius 3 is 2.30 bits per heavy atom. The molecule has 0 aliphatic rings. The van der Waals surface area contributed by atoms with Crippen molar-refractivity contribution < 1.29 is 14.3 Å². The van der Waals surface area contributed by atoms with Gasteiger partial charge in [-0.1, -0.05) is 0 Å². The smallest absolute Gasteiger partial charge is 0.260 e. The number of carbonyl (C=O) groups excluding carboxylic acids is 1. The van der Waals surface area contributed by atoms with E-state index in [1.165, 1.54) is 0 Å². The summed E-state index contributed by atoms with van der Waals surface area (Å²) in [5.41, 5.74) is 5.61. The third kappa shape index (κ3) is 6.63. The fraction of sp³-hybridized carbons (Fsp3) is 0.500. The molecule has 0 radical (unpaired) electrons. The van der Waals surface area contributed by atoms with E-state index < -0.39 is 6.10 Å². The highest BCUT2D eigenvalue weighted by Gasteiger charge is 2.14. The Kier molecular flexibility index (Phi) is 8.76. The van der Waals surface area contributed by atoms with Crippen molar-refractivity contribution in [2.75, 3.05) is 13.7 Å². The molecule has 0 aliphatic heterocycles. The highest BCUT2D eigenvalue weighted by molar-refractivity contribution is 5.85. The predicted molar refractivity (Wildman–Crippen MR) is 81.6 cm³/mol. The van der Waals surface area contributed by atoms with E-state index in [0.717, 1.165) is 12.2 Å². The van der Waals surface area contributed by atoms with Gasteiger partial charge in [0.05, 0.1) is 7.11 Å². The minimum atomic E-state index is -0.540. The molecule has 1 aromatic rings. The Labute approximate surface area is 126 Å². The number of hydrogen-bond acceptors (Lipinski definition) is 4. The number of methoxy groups -OCH3 is 1. The van der Waals surface area contributed by atoms with Crippen molar-refractivity contribution in [3.05, 3.63) is 24.3 Å². The number of halogens is 1. The number of carbonyl (C=O) groups is 1. The van der Waals surface area contributed by atoms with Gasteiger partial charge in [-0.25, -0.2) is 0 Å². The Hall–Kier alpha value is -1.46. The first-order valence-electron chi connectivity index (χ1n) is 6.37. The molecule has 0 bridgehead atoms. The zero-order valence-corrected chi connectivity index (χ0v) is 12.9. The van der Waals surface area contributed by atoms with Gasteiger partial charge in [0.2, 0.25) is 0 Å². The Morgan fingerprint density at radius 2 is 1.80 bits per heavy atom. The number of rotatable bonds is 7. The topological polar surface area (TPSA) is 73.6 Å². The third-order valence-electron chi connectivity index (χ3n) is 2.64. The summed E-state index contributed by atoms with van der Waals surface area (Å²) in [6.45, 7) is 4.18. The highest BCUT2D eigenvalue weighted by atomic mass is 35.5. The van der Waals surface area contributed by atoms with Crippen LogP contribution < -0.4 is 20.5 Å². The van der Waals surface area contributed by atoms with Crippen molar-refractivity contribution in [2.45, 2.75) is 32.4 Å². The molecule has 1 aromatic carbocycles. The van der Waals surface area contributed by atoms with Crippen LogP contribution in [-0.2, 0) is 4.79 Å². The van der Waals surface area contributed by atoms with Crippen LogP contribution in [0.3, 0.4) is 0 Å². The molecular formula is C14H23ClN2O3. The molecule has 0 aromatic heterocycles. The first-order chi connectivity index (χ1) is 9.02. The number of benzene rings is 1. The lowest BCUT2D eigenvalue weighted by atomic mass is 10.2. The number of nitrogens with two attached hydrogens (primary N) is 1. The molecule has 0 fully saturated rings. The SMILES string of the molecule is COc1ccc(OC(C)C(=O)NCCC(C)N)cc1.Cl. The summed E-state index contributed by atoms with van der Waals surface area (Å²) in [6.07, 6.45) is 0.211. The standard InChI is InChI=1S/C14H22N2O3.ClH/c1-10(15)8-9-16-14(17)11(2)19-13-6-4-12(18-3)5-7-13;/h4-7,10-11H,8-9,15H2,1-3H3,(H,16,17);1H. The van der Waals surface area contributed by atoms with Crippen LogP contribution in [0.1, 0.15) is 20.3 Å². The van der Waals surface area contributed by atoms with Gasteiger partial charge in [0, 0.05) is 12.6 Å². The minimum Gasteiger partial charge on any atom is -0.497 e. The number of nitrogens with one attached hydrogen (secondary N) is 1. The third-order valence-corrected chi connectivity index (χ3v) is 2.64. The Balaban J connectivity index is 0.00000361. The summed E-state index contributed by atoms with van der Waals surface area (Å²) in [5.74, 6) is 1.24. The first-order valence-corrected chi connectivity index (χ1v) is 6.37. The van der Waals surface area contributed by atoms with Gasteiger partial charge in [-0.05, 0) is 44.5 Å². The fourth-order valence-corrected chi connectivity index (χ4v) is 1.48. The second kappa shape index (κ2) is 9.44. The second-order valence-corrected chi connectivity index (χ2v) is 4.49. The van der Waals surface area contributed by atoms with E-state index in [2.05, 4.69) is 5.32 Å². The maximum Gasteiger partial charge on any atom is 0.260 e. The van der Waals surface area contributed by atoms with E-state index in [1.54, 1.807) is 38.3 Å². The van der Waals surface area contributed by atoms with Gasteiger partial charge in [-0.2, -0.15) is 0 Å². The Bertz CT molecular complexity index is 396. The molecule has 2 atom stereocenters. The quantitative estimate of drug-likeness (QED) is 0.804. The molecule has 5 nitrogen and oxygen atoms in total. The van der Waals surface area contributed by atoms with E-state index in [0.29, 0.717) is 12.3 Å². The lowest BCUT2D eigenvalue weighted by molar-refractivity contribution is -0.127. The van der Waals surface area contributed by atoms with Crippen molar-refractivity contribution in [1.82, 2.24) is 5.32 Å². The van der Waals surface area contributed by atoms with E-state index in [9.17, 15) is 4.79 Å².